The van der Waals surface area contributed by atoms with Crippen LogP contribution >= 0.6 is 0 Å². The Morgan fingerprint density at radius 3 is 2.70 bits per heavy atom. The number of hydrogen-bond donors (Lipinski definition) is 3. The van der Waals surface area contributed by atoms with Gasteiger partial charge in [-0.1, -0.05) is 6.92 Å². The van der Waals surface area contributed by atoms with Crippen LogP contribution in [0, 0.1) is 5.82 Å². The first-order valence-electron chi connectivity index (χ1n) is 7.30. The van der Waals surface area contributed by atoms with E-state index in [9.17, 15) is 4.39 Å². The fourth-order valence-corrected chi connectivity index (χ4v) is 2.53. The molecule has 2 aromatic heterocycles. The van der Waals surface area contributed by atoms with Crippen LogP contribution in [0.5, 0.6) is 0 Å². The largest absolute Gasteiger partial charge is 0.308 e. The number of hydrazine groups is 1. The standard InChI is InChI=1S/C16H17FN6/c1-2-13-14(7-12-8-15(21-18)20-9-19-12)22-23-16(13)10-3-5-11(17)6-4-10/h3-6,8-9H,2,7,18H2,1H3,(H,22,23)(H,19,20,21). The van der Waals surface area contributed by atoms with Crippen molar-refractivity contribution in [1.29, 1.82) is 0 Å². The summed E-state index contributed by atoms with van der Waals surface area (Å²) in [4.78, 5) is 8.24. The molecule has 7 heteroatoms. The van der Waals surface area contributed by atoms with E-state index in [1.165, 1.54) is 18.5 Å². The number of nitrogen functional groups attached to an aromatic ring is 1. The molecule has 2 heterocycles. The number of rotatable bonds is 5. The lowest BCUT2D eigenvalue weighted by Gasteiger charge is -2.05. The second-order valence-corrected chi connectivity index (χ2v) is 5.11. The average molecular weight is 312 g/mol. The Morgan fingerprint density at radius 1 is 1.22 bits per heavy atom. The van der Waals surface area contributed by atoms with Gasteiger partial charge < -0.3 is 5.43 Å². The molecule has 0 bridgehead atoms. The molecule has 3 rings (SSSR count). The lowest BCUT2D eigenvalue weighted by atomic mass is 10.0. The molecule has 0 aliphatic rings. The van der Waals surface area contributed by atoms with Crippen LogP contribution in [-0.4, -0.2) is 20.2 Å². The second-order valence-electron chi connectivity index (χ2n) is 5.11. The summed E-state index contributed by atoms with van der Waals surface area (Å²) in [5, 5.41) is 7.46. The summed E-state index contributed by atoms with van der Waals surface area (Å²) in [5.41, 5.74) is 7.14. The van der Waals surface area contributed by atoms with Crippen molar-refractivity contribution in [3.05, 3.63) is 59.4 Å². The summed E-state index contributed by atoms with van der Waals surface area (Å²) in [6, 6.07) is 8.13. The summed E-state index contributed by atoms with van der Waals surface area (Å²) >= 11 is 0. The second kappa shape index (κ2) is 6.53. The van der Waals surface area contributed by atoms with Gasteiger partial charge >= 0.3 is 0 Å². The van der Waals surface area contributed by atoms with Crippen molar-refractivity contribution in [3.8, 4) is 11.3 Å². The number of H-pyrrole nitrogens is 1. The highest BCUT2D eigenvalue weighted by Gasteiger charge is 2.14. The number of nitrogens with zero attached hydrogens (tertiary/aromatic N) is 3. The number of hydrogen-bond acceptors (Lipinski definition) is 5. The van der Waals surface area contributed by atoms with Crippen LogP contribution in [0.25, 0.3) is 11.3 Å². The van der Waals surface area contributed by atoms with Crippen LogP contribution in [0.15, 0.2) is 36.7 Å². The van der Waals surface area contributed by atoms with Crippen molar-refractivity contribution in [2.45, 2.75) is 19.8 Å². The topological polar surface area (TPSA) is 92.5 Å². The van der Waals surface area contributed by atoms with E-state index in [0.717, 1.165) is 34.6 Å². The van der Waals surface area contributed by atoms with E-state index in [1.807, 2.05) is 0 Å². The smallest absolute Gasteiger partial charge is 0.143 e. The molecule has 0 spiro atoms. The van der Waals surface area contributed by atoms with Crippen molar-refractivity contribution in [2.24, 2.45) is 5.84 Å². The first kappa shape index (κ1) is 15.1. The Balaban J connectivity index is 1.93. The molecule has 0 saturated heterocycles. The number of anilines is 1. The minimum absolute atomic E-state index is 0.259. The number of nitrogens with two attached hydrogens (primary N) is 1. The van der Waals surface area contributed by atoms with E-state index in [0.29, 0.717) is 12.2 Å². The number of aromatic amines is 1. The van der Waals surface area contributed by atoms with Crippen molar-refractivity contribution < 1.29 is 4.39 Å². The number of aromatic nitrogens is 4. The molecule has 0 amide bonds. The summed E-state index contributed by atoms with van der Waals surface area (Å²) in [6.07, 6.45) is 2.87. The molecule has 23 heavy (non-hydrogen) atoms. The van der Waals surface area contributed by atoms with E-state index < -0.39 is 0 Å². The minimum Gasteiger partial charge on any atom is -0.308 e. The van der Waals surface area contributed by atoms with Gasteiger partial charge in [0.25, 0.3) is 0 Å². The monoisotopic (exact) mass is 312 g/mol. The maximum atomic E-state index is 13.1. The van der Waals surface area contributed by atoms with Crippen molar-refractivity contribution >= 4 is 5.82 Å². The Hall–Kier alpha value is -2.80. The Kier molecular flexibility index (Phi) is 4.29. The van der Waals surface area contributed by atoms with Gasteiger partial charge in [-0.25, -0.2) is 20.2 Å². The third-order valence-corrected chi connectivity index (χ3v) is 3.65. The molecule has 1 aromatic carbocycles. The zero-order chi connectivity index (χ0) is 16.2. The van der Waals surface area contributed by atoms with Crippen LogP contribution in [-0.2, 0) is 12.8 Å². The predicted molar refractivity (Wildman–Crippen MR) is 86.0 cm³/mol. The van der Waals surface area contributed by atoms with E-state index in [2.05, 4.69) is 32.5 Å². The molecule has 0 radical (unpaired) electrons. The van der Waals surface area contributed by atoms with Gasteiger partial charge in [0, 0.05) is 29.3 Å². The van der Waals surface area contributed by atoms with Crippen LogP contribution in [0.3, 0.4) is 0 Å². The SMILES string of the molecule is CCc1c(-c2ccc(F)cc2)n[nH]c1Cc1cc(NN)ncn1. The molecule has 6 nitrogen and oxygen atoms in total. The first-order valence-corrected chi connectivity index (χ1v) is 7.30. The summed E-state index contributed by atoms with van der Waals surface area (Å²) in [5.74, 6) is 5.67. The molecule has 0 unspecified atom stereocenters. The quantitative estimate of drug-likeness (QED) is 0.497. The van der Waals surface area contributed by atoms with Crippen LogP contribution in [0.4, 0.5) is 10.2 Å². The highest BCUT2D eigenvalue weighted by atomic mass is 19.1. The Morgan fingerprint density at radius 2 is 2.00 bits per heavy atom. The predicted octanol–water partition coefficient (Wildman–Crippen LogP) is 2.44. The zero-order valence-electron chi connectivity index (χ0n) is 12.7. The molecular formula is C16H17FN6. The fourth-order valence-electron chi connectivity index (χ4n) is 2.53. The molecule has 0 fully saturated rings. The maximum Gasteiger partial charge on any atom is 0.143 e. The molecule has 118 valence electrons. The summed E-state index contributed by atoms with van der Waals surface area (Å²) in [7, 11) is 0. The van der Waals surface area contributed by atoms with Gasteiger partial charge in [-0.05, 0) is 30.7 Å². The van der Waals surface area contributed by atoms with Crippen molar-refractivity contribution in [2.75, 3.05) is 5.43 Å². The van der Waals surface area contributed by atoms with E-state index in [4.69, 9.17) is 5.84 Å². The molecule has 0 aliphatic carbocycles. The van der Waals surface area contributed by atoms with Crippen LogP contribution in [0.2, 0.25) is 0 Å². The number of halogens is 1. The minimum atomic E-state index is -0.259. The Labute approximate surface area is 133 Å². The molecule has 3 aromatic rings. The van der Waals surface area contributed by atoms with E-state index in [-0.39, 0.29) is 5.82 Å². The molecule has 4 N–H and O–H groups in total. The Bertz CT molecular complexity index is 797. The van der Waals surface area contributed by atoms with E-state index in [1.54, 1.807) is 18.2 Å². The first-order chi connectivity index (χ1) is 11.2. The highest BCUT2D eigenvalue weighted by Crippen LogP contribution is 2.26. The number of nitrogens with one attached hydrogen (secondary N) is 2. The molecular weight excluding hydrogens is 295 g/mol. The molecule has 0 atom stereocenters. The summed E-state index contributed by atoms with van der Waals surface area (Å²) in [6.45, 7) is 2.06. The van der Waals surface area contributed by atoms with Gasteiger partial charge in [0.05, 0.1) is 11.4 Å². The van der Waals surface area contributed by atoms with Gasteiger partial charge in [0.15, 0.2) is 0 Å². The molecule has 0 aliphatic heterocycles. The third kappa shape index (κ3) is 3.19. The van der Waals surface area contributed by atoms with Gasteiger partial charge in [0.1, 0.15) is 18.0 Å². The van der Waals surface area contributed by atoms with Gasteiger partial charge in [-0.15, -0.1) is 0 Å². The van der Waals surface area contributed by atoms with E-state index >= 15 is 0 Å². The average Bonchev–Trinajstić information content (AvgIpc) is 2.98. The zero-order valence-corrected chi connectivity index (χ0v) is 12.7. The highest BCUT2D eigenvalue weighted by molar-refractivity contribution is 5.64. The van der Waals surface area contributed by atoms with Gasteiger partial charge in [0.2, 0.25) is 0 Å². The normalized spacial score (nSPS) is 10.7. The number of benzene rings is 1. The van der Waals surface area contributed by atoms with Crippen molar-refractivity contribution in [3.63, 3.8) is 0 Å². The maximum absolute atomic E-state index is 13.1. The molecule has 0 saturated carbocycles. The lowest BCUT2D eigenvalue weighted by molar-refractivity contribution is 0.628. The van der Waals surface area contributed by atoms with Crippen LogP contribution in [0.1, 0.15) is 23.9 Å². The van der Waals surface area contributed by atoms with Crippen LogP contribution < -0.4 is 11.3 Å². The third-order valence-electron chi connectivity index (χ3n) is 3.65. The van der Waals surface area contributed by atoms with Gasteiger partial charge in [-0.2, -0.15) is 5.10 Å². The lowest BCUT2D eigenvalue weighted by Crippen LogP contribution is -2.09. The fraction of sp³-hybridized carbons (Fsp3) is 0.188. The van der Waals surface area contributed by atoms with Crippen molar-refractivity contribution in [1.82, 2.24) is 20.2 Å². The summed E-state index contributed by atoms with van der Waals surface area (Å²) < 4.78 is 13.1. The van der Waals surface area contributed by atoms with Gasteiger partial charge in [-0.3, -0.25) is 5.10 Å².